The van der Waals surface area contributed by atoms with Crippen molar-refractivity contribution in [1.29, 1.82) is 0 Å². The third kappa shape index (κ3) is 2.58. The lowest BCUT2D eigenvalue weighted by Crippen LogP contribution is -2.29. The van der Waals surface area contributed by atoms with Gasteiger partial charge in [0.05, 0.1) is 0 Å². The van der Waals surface area contributed by atoms with E-state index in [0.717, 1.165) is 0 Å². The number of hydrogen-bond acceptors (Lipinski definition) is 2. The summed E-state index contributed by atoms with van der Waals surface area (Å²) >= 11 is 0. The number of hydrogen-bond donors (Lipinski definition) is 2. The fraction of sp³-hybridized carbons (Fsp3) is 0.800. The molecular formula is C5H11NO2. The lowest BCUT2D eigenvalue weighted by Gasteiger charge is -2.00. The molecule has 0 amide bonds. The average Bonchev–Trinajstić information content (AvgIpc) is 1.83. The Morgan fingerprint density at radius 1 is 2.25 bits per heavy atom. The first-order valence-corrected chi connectivity index (χ1v) is 2.06. The fourth-order valence-corrected chi connectivity index (χ4v) is 0.197. The molecule has 0 aliphatic carbocycles. The highest BCUT2D eigenvalue weighted by Crippen LogP contribution is 1.91. The van der Waals surface area contributed by atoms with Gasteiger partial charge in [0.1, 0.15) is 6.04 Å². The first-order chi connectivity index (χ1) is 5.58. The van der Waals surface area contributed by atoms with Gasteiger partial charge in [-0.3, -0.25) is 4.79 Å². The lowest BCUT2D eigenvalue weighted by molar-refractivity contribution is -0.138. The van der Waals surface area contributed by atoms with E-state index in [1.54, 1.807) is 0 Å². The van der Waals surface area contributed by atoms with Gasteiger partial charge >= 0.3 is 5.97 Å². The van der Waals surface area contributed by atoms with E-state index in [2.05, 4.69) is 0 Å². The topological polar surface area (TPSA) is 63.3 Å². The lowest BCUT2D eigenvalue weighted by atomic mass is 10.2. The second kappa shape index (κ2) is 3.43. The van der Waals surface area contributed by atoms with Crippen molar-refractivity contribution >= 4 is 5.97 Å². The summed E-state index contributed by atoms with van der Waals surface area (Å²) in [4.78, 5) is 10.2. The van der Waals surface area contributed by atoms with Crippen LogP contribution in [-0.2, 0) is 4.79 Å². The zero-order valence-corrected chi connectivity index (χ0v) is 4.22. The van der Waals surface area contributed by atoms with Crippen LogP contribution in [0, 0.1) is 0 Å². The summed E-state index contributed by atoms with van der Waals surface area (Å²) in [5.74, 6) is -1.41. The van der Waals surface area contributed by atoms with Crippen LogP contribution in [0.3, 0.4) is 0 Å². The van der Waals surface area contributed by atoms with Gasteiger partial charge in [0.25, 0.3) is 0 Å². The van der Waals surface area contributed by atoms with Gasteiger partial charge in [-0.05, 0) is 6.42 Å². The molecule has 1 unspecified atom stereocenters. The highest BCUT2D eigenvalue weighted by molar-refractivity contribution is 5.72. The molecule has 0 aromatic heterocycles. The molecule has 1 atom stereocenters. The summed E-state index contributed by atoms with van der Waals surface area (Å²) < 4.78 is 34.5. The van der Waals surface area contributed by atoms with Crippen molar-refractivity contribution in [3.63, 3.8) is 0 Å². The maximum Gasteiger partial charge on any atom is 0.320 e. The van der Waals surface area contributed by atoms with Crippen molar-refractivity contribution in [3.8, 4) is 0 Å². The van der Waals surface area contributed by atoms with E-state index in [9.17, 15) is 4.79 Å². The van der Waals surface area contributed by atoms with E-state index in [1.807, 2.05) is 0 Å². The summed E-state index contributed by atoms with van der Waals surface area (Å²) in [5, 5.41) is 8.34. The Hall–Kier alpha value is -0.570. The van der Waals surface area contributed by atoms with Crippen LogP contribution < -0.4 is 5.73 Å². The standard InChI is InChI=1S/C5H11NO2/c1-2-3-4(6)5(7)8/h4H,2-3,6H2,1H3,(H,7,8)/i1D3,2D2. The van der Waals surface area contributed by atoms with Crippen LogP contribution in [0.15, 0.2) is 0 Å². The van der Waals surface area contributed by atoms with Crippen molar-refractivity contribution in [2.24, 2.45) is 5.73 Å². The van der Waals surface area contributed by atoms with Gasteiger partial charge in [0.2, 0.25) is 0 Å². The Kier molecular flexibility index (Phi) is 1.01. The van der Waals surface area contributed by atoms with Gasteiger partial charge in [0.15, 0.2) is 0 Å². The molecule has 3 N–H and O–H groups in total. The monoisotopic (exact) mass is 122 g/mol. The maximum atomic E-state index is 10.2. The molecule has 0 rings (SSSR count). The molecule has 0 aliphatic heterocycles. The molecule has 0 aromatic rings. The highest BCUT2D eigenvalue weighted by Gasteiger charge is 2.07. The molecule has 0 radical (unpaired) electrons. The van der Waals surface area contributed by atoms with Crippen LogP contribution in [0.5, 0.6) is 0 Å². The van der Waals surface area contributed by atoms with Crippen LogP contribution in [0.25, 0.3) is 0 Å². The molecule has 0 spiro atoms. The van der Waals surface area contributed by atoms with Crippen molar-refractivity contribution in [3.05, 3.63) is 0 Å². The Bertz CT molecular complexity index is 202. The number of nitrogens with two attached hydrogens (primary N) is 1. The van der Waals surface area contributed by atoms with Crippen molar-refractivity contribution in [2.75, 3.05) is 0 Å². The molecule has 0 aromatic carbocycles. The van der Waals surface area contributed by atoms with Crippen molar-refractivity contribution in [1.82, 2.24) is 0 Å². The minimum atomic E-state index is -2.85. The predicted octanol–water partition coefficient (Wildman–Crippen LogP) is 0.198. The molecule has 3 nitrogen and oxygen atoms in total. The Balaban J connectivity index is 4.43. The van der Waals surface area contributed by atoms with Gasteiger partial charge in [-0.2, -0.15) is 0 Å². The van der Waals surface area contributed by atoms with Gasteiger partial charge in [-0.25, -0.2) is 0 Å². The number of carboxylic acids is 1. The zero-order chi connectivity index (χ0) is 10.9. The molecular weight excluding hydrogens is 106 g/mol. The van der Waals surface area contributed by atoms with E-state index in [0.29, 0.717) is 0 Å². The Morgan fingerprint density at radius 2 is 2.88 bits per heavy atom. The first-order valence-electron chi connectivity index (χ1n) is 4.56. The Labute approximate surface area is 55.5 Å². The molecule has 48 valence electrons. The molecule has 0 aliphatic rings. The van der Waals surface area contributed by atoms with E-state index < -0.39 is 31.7 Å². The van der Waals surface area contributed by atoms with Gasteiger partial charge < -0.3 is 10.8 Å². The summed E-state index contributed by atoms with van der Waals surface area (Å²) in [6.07, 6.45) is -3.29. The van der Waals surface area contributed by atoms with Gasteiger partial charge in [0, 0.05) is 6.85 Å². The number of aliphatic carboxylic acids is 1. The Morgan fingerprint density at radius 3 is 3.25 bits per heavy atom. The third-order valence-electron chi connectivity index (χ3n) is 0.639. The summed E-state index contributed by atoms with van der Waals surface area (Å²) in [7, 11) is 0. The number of carbonyl (C=O) groups is 1. The average molecular weight is 122 g/mol. The van der Waals surface area contributed by atoms with E-state index >= 15 is 0 Å². The summed E-state index contributed by atoms with van der Waals surface area (Å²) in [5.41, 5.74) is 5.01. The molecule has 0 saturated carbocycles. The minimum absolute atomic E-state index is 0.723. The van der Waals surface area contributed by atoms with E-state index in [1.165, 1.54) is 0 Å². The SMILES string of the molecule is [2H]C([2H])([2H])C([2H])([2H])CC(N)C(=O)O. The van der Waals surface area contributed by atoms with Crippen LogP contribution in [-0.4, -0.2) is 17.1 Å². The fourth-order valence-electron chi connectivity index (χ4n) is 0.197. The maximum absolute atomic E-state index is 10.2. The molecule has 0 fully saturated rings. The molecule has 8 heavy (non-hydrogen) atoms. The smallest absolute Gasteiger partial charge is 0.320 e. The zero-order valence-electron chi connectivity index (χ0n) is 9.22. The first kappa shape index (κ1) is 2.35. The normalized spacial score (nSPS) is 25.9. The van der Waals surface area contributed by atoms with Crippen LogP contribution in [0.1, 0.15) is 26.5 Å². The van der Waals surface area contributed by atoms with Crippen molar-refractivity contribution < 1.29 is 16.8 Å². The van der Waals surface area contributed by atoms with Crippen LogP contribution in [0.2, 0.25) is 0 Å². The molecule has 0 heterocycles. The van der Waals surface area contributed by atoms with E-state index in [4.69, 9.17) is 17.7 Å². The molecule has 0 saturated heterocycles. The van der Waals surface area contributed by atoms with E-state index in [-0.39, 0.29) is 0 Å². The van der Waals surface area contributed by atoms with Crippen LogP contribution in [0.4, 0.5) is 0 Å². The number of carboxylic acid groups (broad SMARTS) is 1. The summed E-state index contributed by atoms with van der Waals surface area (Å²) in [6.45, 7) is -2.85. The summed E-state index contributed by atoms with van der Waals surface area (Å²) in [6, 6.07) is -1.49. The minimum Gasteiger partial charge on any atom is -0.480 e. The van der Waals surface area contributed by atoms with Gasteiger partial charge in [-0.1, -0.05) is 13.2 Å². The predicted molar refractivity (Wildman–Crippen MR) is 30.5 cm³/mol. The molecule has 3 heteroatoms. The quantitative estimate of drug-likeness (QED) is 0.562. The second-order valence-electron chi connectivity index (χ2n) is 1.33. The largest absolute Gasteiger partial charge is 0.480 e. The van der Waals surface area contributed by atoms with Crippen molar-refractivity contribution in [2.45, 2.75) is 25.7 Å². The highest BCUT2D eigenvalue weighted by atomic mass is 16.4. The molecule has 0 bridgehead atoms. The van der Waals surface area contributed by atoms with Crippen LogP contribution >= 0.6 is 0 Å². The number of rotatable bonds is 3. The van der Waals surface area contributed by atoms with Gasteiger partial charge in [-0.15, -0.1) is 0 Å². The third-order valence-corrected chi connectivity index (χ3v) is 0.639. The second-order valence-corrected chi connectivity index (χ2v) is 1.33.